The van der Waals surface area contributed by atoms with E-state index in [0.717, 1.165) is 0 Å². The fourth-order valence-electron chi connectivity index (χ4n) is 4.65. The molecule has 0 spiro atoms. The van der Waals surface area contributed by atoms with Crippen LogP contribution in [0.4, 0.5) is 5.69 Å². The molecule has 2 aromatic rings. The van der Waals surface area contributed by atoms with Gasteiger partial charge in [-0.15, -0.1) is 6.42 Å². The number of anilines is 1. The summed E-state index contributed by atoms with van der Waals surface area (Å²) < 4.78 is 5.34. The summed E-state index contributed by atoms with van der Waals surface area (Å²) >= 11 is 0. The van der Waals surface area contributed by atoms with E-state index in [1.165, 1.54) is 0 Å². The van der Waals surface area contributed by atoms with Crippen molar-refractivity contribution in [2.45, 2.75) is 39.5 Å². The van der Waals surface area contributed by atoms with Crippen LogP contribution in [0.1, 0.15) is 56.2 Å². The maximum atomic E-state index is 13.7. The number of esters is 1. The second-order valence-corrected chi connectivity index (χ2v) is 8.94. The third kappa shape index (κ3) is 5.42. The number of ether oxygens (including phenoxy) is 1. The number of hydrogen-bond acceptors (Lipinski definition) is 7. The number of amides is 2. The first-order valence-corrected chi connectivity index (χ1v) is 12.2. The number of hydroxylamine groups is 1. The summed E-state index contributed by atoms with van der Waals surface area (Å²) in [5.74, 6) is 0.495. The summed E-state index contributed by atoms with van der Waals surface area (Å²) in [7, 11) is 0. The van der Waals surface area contributed by atoms with Crippen LogP contribution in [0.15, 0.2) is 76.2 Å². The van der Waals surface area contributed by atoms with Gasteiger partial charge in [-0.1, -0.05) is 35.3 Å². The van der Waals surface area contributed by atoms with Gasteiger partial charge in [-0.25, -0.2) is 9.59 Å². The molecule has 2 aliphatic rings. The highest BCUT2D eigenvalue weighted by Crippen LogP contribution is 2.39. The van der Waals surface area contributed by atoms with Crippen molar-refractivity contribution >= 4 is 29.2 Å². The molecule has 2 atom stereocenters. The van der Waals surface area contributed by atoms with E-state index < -0.39 is 28.9 Å². The van der Waals surface area contributed by atoms with Gasteiger partial charge in [-0.2, -0.15) is 5.17 Å². The number of quaternary nitrogens is 1. The van der Waals surface area contributed by atoms with Gasteiger partial charge in [-0.3, -0.25) is 4.79 Å². The maximum Gasteiger partial charge on any atom is 0.338 e. The Bertz CT molecular complexity index is 1430. The molecule has 0 fully saturated rings. The molecule has 0 radical (unpaired) electrons. The molecular weight excluding hydrogens is 484 g/mol. The predicted octanol–water partition coefficient (Wildman–Crippen LogP) is 2.51. The number of nitrogens with zero attached hydrogens (tertiary/aromatic N) is 1. The largest absolute Gasteiger partial charge is 0.599 e. The molecule has 2 heterocycles. The second kappa shape index (κ2) is 11.3. The van der Waals surface area contributed by atoms with E-state index in [1.807, 2.05) is 6.07 Å². The van der Waals surface area contributed by atoms with Gasteiger partial charge in [0.1, 0.15) is 5.71 Å². The summed E-state index contributed by atoms with van der Waals surface area (Å²) in [4.78, 5) is 38.2. The molecule has 3 N–H and O–H groups in total. The number of carbonyl (C=O) groups is 3. The van der Waals surface area contributed by atoms with Crippen molar-refractivity contribution in [3.05, 3.63) is 93.0 Å². The lowest BCUT2D eigenvalue weighted by molar-refractivity contribution is -0.773. The highest BCUT2D eigenvalue weighted by molar-refractivity contribution is 6.09. The summed E-state index contributed by atoms with van der Waals surface area (Å²) in [5.41, 5.74) is 4.96. The molecule has 0 aliphatic carbocycles. The third-order valence-electron chi connectivity index (χ3n) is 6.43. The number of dihydropyridines is 1. The Hall–Kier alpha value is -4.52. The quantitative estimate of drug-likeness (QED) is 0.310. The highest BCUT2D eigenvalue weighted by atomic mass is 16.5. The fourth-order valence-corrected chi connectivity index (χ4v) is 4.65. The van der Waals surface area contributed by atoms with Gasteiger partial charge in [-0.05, 0) is 50.6 Å². The summed E-state index contributed by atoms with van der Waals surface area (Å²) in [5, 5.41) is 20.9. The van der Waals surface area contributed by atoms with E-state index in [1.54, 1.807) is 63.2 Å². The Kier molecular flexibility index (Phi) is 7.86. The SMILES string of the molecule is C#Cc1cccc(C2C(C(=O)Nc3ccc(C4=N[NH+]([O-])C(=O)CC4)cc3)=C(C)NC(C)=C2C(=O)OCC)c1. The van der Waals surface area contributed by atoms with Gasteiger partial charge in [0.15, 0.2) is 0 Å². The number of carbonyl (C=O) groups excluding carboxylic acids is 3. The predicted molar refractivity (Wildman–Crippen MR) is 142 cm³/mol. The highest BCUT2D eigenvalue weighted by Gasteiger charge is 2.37. The van der Waals surface area contributed by atoms with Gasteiger partial charge in [0.05, 0.1) is 24.5 Å². The molecule has 2 amide bonds. The van der Waals surface area contributed by atoms with Crippen LogP contribution in [0.3, 0.4) is 0 Å². The molecule has 0 bridgehead atoms. The van der Waals surface area contributed by atoms with Gasteiger partial charge in [0.25, 0.3) is 5.91 Å². The number of hydrogen-bond donors (Lipinski definition) is 3. The van der Waals surface area contributed by atoms with E-state index >= 15 is 0 Å². The van der Waals surface area contributed by atoms with Gasteiger partial charge < -0.3 is 20.6 Å². The number of allylic oxidation sites excluding steroid dienone is 2. The Morgan fingerprint density at radius 3 is 2.53 bits per heavy atom. The number of nitrogens with one attached hydrogen (secondary N) is 3. The average Bonchev–Trinajstić information content (AvgIpc) is 2.90. The lowest BCUT2D eigenvalue weighted by atomic mass is 9.79. The van der Waals surface area contributed by atoms with E-state index in [2.05, 4.69) is 21.7 Å². The average molecular weight is 513 g/mol. The summed E-state index contributed by atoms with van der Waals surface area (Å²) in [6.07, 6.45) is 6.14. The van der Waals surface area contributed by atoms with Crippen LogP contribution in [0.25, 0.3) is 0 Å². The molecule has 0 saturated heterocycles. The van der Waals surface area contributed by atoms with Crippen molar-refractivity contribution in [2.75, 3.05) is 11.9 Å². The zero-order valence-corrected chi connectivity index (χ0v) is 21.4. The molecule has 194 valence electrons. The van der Waals surface area contributed by atoms with E-state index in [-0.39, 0.29) is 13.0 Å². The molecule has 0 saturated carbocycles. The fraction of sp³-hybridized carbons (Fsp3) is 0.241. The first kappa shape index (κ1) is 26.5. The zero-order valence-electron chi connectivity index (χ0n) is 21.4. The van der Waals surface area contributed by atoms with Crippen molar-refractivity contribution < 1.29 is 24.3 Å². The normalized spacial score (nSPS) is 19.3. The summed E-state index contributed by atoms with van der Waals surface area (Å²) in [6.45, 7) is 5.46. The molecule has 2 aromatic carbocycles. The van der Waals surface area contributed by atoms with E-state index in [4.69, 9.17) is 11.2 Å². The molecule has 9 nitrogen and oxygen atoms in total. The van der Waals surface area contributed by atoms with Crippen LogP contribution < -0.4 is 15.8 Å². The first-order chi connectivity index (χ1) is 18.2. The minimum Gasteiger partial charge on any atom is -0.599 e. The molecule has 0 aromatic heterocycles. The Balaban J connectivity index is 1.66. The van der Waals surface area contributed by atoms with Crippen LogP contribution in [0, 0.1) is 17.6 Å². The number of terminal acetylenes is 1. The minimum absolute atomic E-state index is 0.134. The molecule has 38 heavy (non-hydrogen) atoms. The Labute approximate surface area is 220 Å². The lowest BCUT2D eigenvalue weighted by Crippen LogP contribution is -3.06. The Morgan fingerprint density at radius 1 is 1.16 bits per heavy atom. The van der Waals surface area contributed by atoms with Crippen molar-refractivity contribution in [3.63, 3.8) is 0 Å². The zero-order chi connectivity index (χ0) is 27.4. The van der Waals surface area contributed by atoms with Crippen LogP contribution in [0.5, 0.6) is 0 Å². The first-order valence-electron chi connectivity index (χ1n) is 12.2. The van der Waals surface area contributed by atoms with Crippen molar-refractivity contribution in [1.29, 1.82) is 0 Å². The van der Waals surface area contributed by atoms with Gasteiger partial charge >= 0.3 is 11.9 Å². The minimum atomic E-state index is -0.739. The number of rotatable bonds is 6. The topological polar surface area (TPSA) is 124 Å². The molecule has 2 unspecified atom stereocenters. The van der Waals surface area contributed by atoms with Crippen LogP contribution in [0.2, 0.25) is 0 Å². The molecule has 2 aliphatic heterocycles. The van der Waals surface area contributed by atoms with Crippen LogP contribution in [-0.4, -0.2) is 30.1 Å². The van der Waals surface area contributed by atoms with E-state index in [9.17, 15) is 19.6 Å². The van der Waals surface area contributed by atoms with Gasteiger partial charge in [0, 0.05) is 40.2 Å². The van der Waals surface area contributed by atoms with Gasteiger partial charge in [0.2, 0.25) is 0 Å². The maximum absolute atomic E-state index is 13.7. The number of benzene rings is 2. The van der Waals surface area contributed by atoms with Crippen molar-refractivity contribution in [2.24, 2.45) is 5.10 Å². The second-order valence-electron chi connectivity index (χ2n) is 8.94. The van der Waals surface area contributed by atoms with Crippen LogP contribution >= 0.6 is 0 Å². The smallest absolute Gasteiger partial charge is 0.338 e. The standard InChI is InChI=1S/C29H28N4O5/c1-5-19-8-7-9-21(16-19)27-25(17(3)30-18(4)26(27)29(36)38-6-2)28(35)31-22-12-10-20(11-13-22)23-14-15-24(34)33(37)32-23/h1,7-13,16,27,30,33H,6,14-15H2,2-4H3,(H,31,35). The molecule has 9 heteroatoms. The molecular formula is C29H28N4O5. The summed E-state index contributed by atoms with van der Waals surface area (Å²) in [6, 6.07) is 14.1. The lowest BCUT2D eigenvalue weighted by Gasteiger charge is -2.31. The third-order valence-corrected chi connectivity index (χ3v) is 6.43. The van der Waals surface area contributed by atoms with Crippen molar-refractivity contribution in [3.8, 4) is 12.3 Å². The Morgan fingerprint density at radius 2 is 1.87 bits per heavy atom. The molecule has 4 rings (SSSR count). The van der Waals surface area contributed by atoms with E-state index in [0.29, 0.717) is 57.1 Å². The van der Waals surface area contributed by atoms with Crippen molar-refractivity contribution in [1.82, 2.24) is 5.32 Å². The monoisotopic (exact) mass is 512 g/mol. The van der Waals surface area contributed by atoms with Crippen LogP contribution in [-0.2, 0) is 19.1 Å².